The Morgan fingerprint density at radius 1 is 1.47 bits per heavy atom. The van der Waals surface area contributed by atoms with Crippen LogP contribution in [0.15, 0.2) is 6.20 Å². The van der Waals surface area contributed by atoms with E-state index < -0.39 is 6.04 Å². The highest BCUT2D eigenvalue weighted by molar-refractivity contribution is 7.11. The number of carbonyl (C=O) groups is 1. The van der Waals surface area contributed by atoms with E-state index >= 15 is 0 Å². The average molecular weight is 328 g/mol. The smallest absolute Gasteiger partial charge is 0.239 e. The highest BCUT2D eigenvalue weighted by atomic mass is 35.5. The van der Waals surface area contributed by atoms with E-state index in [0.717, 1.165) is 16.3 Å². The highest BCUT2D eigenvalue weighted by Crippen LogP contribution is 2.14. The molecule has 2 N–H and O–H groups in total. The lowest BCUT2D eigenvalue weighted by molar-refractivity contribution is -0.132. The lowest BCUT2D eigenvalue weighted by atomic mass is 10.0. The van der Waals surface area contributed by atoms with Crippen LogP contribution < -0.4 is 5.73 Å². The van der Waals surface area contributed by atoms with Crippen LogP contribution in [-0.4, -0.2) is 28.9 Å². The van der Waals surface area contributed by atoms with Gasteiger partial charge in [0.1, 0.15) is 0 Å². The summed E-state index contributed by atoms with van der Waals surface area (Å²) >= 11 is 1.61. The summed E-state index contributed by atoms with van der Waals surface area (Å²) in [4.78, 5) is 18.9. The summed E-state index contributed by atoms with van der Waals surface area (Å²) < 4.78 is 0. The van der Waals surface area contributed by atoms with Crippen LogP contribution in [0, 0.1) is 12.8 Å². The third kappa shape index (κ3) is 7.11. The van der Waals surface area contributed by atoms with Gasteiger partial charge in [-0.05, 0) is 19.3 Å². The van der Waals surface area contributed by atoms with Gasteiger partial charge in [-0.2, -0.15) is 0 Å². The fraction of sp³-hybridized carbons (Fsp3) is 0.667. The average Bonchev–Trinajstić information content (AvgIpc) is 2.61. The largest absolute Gasteiger partial charge is 0.339 e. The Bertz CT molecular complexity index is 385. The molecule has 0 aromatic carbocycles. The van der Waals surface area contributed by atoms with Crippen molar-refractivity contribution in [2.45, 2.75) is 39.8 Å². The summed E-state index contributed by atoms with van der Waals surface area (Å²) in [6.45, 7) is 6.69. The van der Waals surface area contributed by atoms with Crippen molar-refractivity contribution >= 4 is 42.1 Å². The molecule has 1 heterocycles. The van der Waals surface area contributed by atoms with Gasteiger partial charge in [0, 0.05) is 18.1 Å². The number of hydrogen-bond donors (Lipinski definition) is 1. The van der Waals surface area contributed by atoms with Crippen LogP contribution in [0.3, 0.4) is 0 Å². The van der Waals surface area contributed by atoms with Crippen LogP contribution in [-0.2, 0) is 11.3 Å². The summed E-state index contributed by atoms with van der Waals surface area (Å²) in [6, 6.07) is -0.394. The van der Waals surface area contributed by atoms with Crippen LogP contribution >= 0.6 is 36.2 Å². The second kappa shape index (κ2) is 9.53. The fourth-order valence-corrected chi connectivity index (χ4v) is 2.53. The van der Waals surface area contributed by atoms with E-state index in [1.54, 1.807) is 23.3 Å². The number of nitrogens with two attached hydrogens (primary N) is 1. The Hall–Kier alpha value is -0.360. The maximum absolute atomic E-state index is 12.0. The number of carbonyl (C=O) groups excluding carboxylic acids is 1. The minimum Gasteiger partial charge on any atom is -0.339 e. The summed E-state index contributed by atoms with van der Waals surface area (Å²) in [6.07, 6.45) is 2.54. The van der Waals surface area contributed by atoms with Gasteiger partial charge in [0.05, 0.1) is 17.6 Å². The Morgan fingerprint density at radius 2 is 2.05 bits per heavy atom. The van der Waals surface area contributed by atoms with Crippen LogP contribution in [0.4, 0.5) is 0 Å². The number of hydrogen-bond acceptors (Lipinski definition) is 4. The standard InChI is InChI=1S/C12H21N3OS.2ClH/c1-8(2)5-11(13)12(16)15(4)7-10-6-14-9(3)17-10;;/h6,8,11H,5,7,13H2,1-4H3;2*1H/t11-;;/m0../s1. The molecule has 0 spiro atoms. The summed E-state index contributed by atoms with van der Waals surface area (Å²) in [7, 11) is 1.79. The number of aromatic nitrogens is 1. The quantitative estimate of drug-likeness (QED) is 0.904. The molecule has 0 aliphatic carbocycles. The minimum absolute atomic E-state index is 0. The third-order valence-corrected chi connectivity index (χ3v) is 3.38. The number of halogens is 2. The van der Waals surface area contributed by atoms with Crippen molar-refractivity contribution in [3.8, 4) is 0 Å². The van der Waals surface area contributed by atoms with Crippen molar-refractivity contribution < 1.29 is 4.79 Å². The molecule has 0 saturated heterocycles. The second-order valence-corrected chi connectivity index (χ2v) is 6.10. The maximum Gasteiger partial charge on any atom is 0.239 e. The zero-order valence-electron chi connectivity index (χ0n) is 11.8. The van der Waals surface area contributed by atoms with Crippen molar-refractivity contribution in [1.29, 1.82) is 0 Å². The molecule has 1 aromatic rings. The second-order valence-electron chi connectivity index (χ2n) is 4.78. The molecule has 0 bridgehead atoms. The van der Waals surface area contributed by atoms with Gasteiger partial charge >= 0.3 is 0 Å². The van der Waals surface area contributed by atoms with E-state index in [2.05, 4.69) is 18.8 Å². The molecule has 4 nitrogen and oxygen atoms in total. The van der Waals surface area contributed by atoms with E-state index in [0.29, 0.717) is 12.5 Å². The van der Waals surface area contributed by atoms with Gasteiger partial charge in [0.15, 0.2) is 0 Å². The van der Waals surface area contributed by atoms with Gasteiger partial charge < -0.3 is 10.6 Å². The Labute approximate surface area is 131 Å². The summed E-state index contributed by atoms with van der Waals surface area (Å²) in [5, 5.41) is 1.02. The molecule has 0 saturated carbocycles. The molecular weight excluding hydrogens is 305 g/mol. The SMILES string of the molecule is Cc1ncc(CN(C)C(=O)[C@@H](N)CC(C)C)s1.Cl.Cl. The molecule has 112 valence electrons. The van der Waals surface area contributed by atoms with E-state index in [9.17, 15) is 4.79 Å². The predicted octanol–water partition coefficient (Wildman–Crippen LogP) is 2.63. The van der Waals surface area contributed by atoms with E-state index in [1.165, 1.54) is 0 Å². The molecule has 0 aliphatic heterocycles. The number of amides is 1. The van der Waals surface area contributed by atoms with Crippen LogP contribution in [0.1, 0.15) is 30.2 Å². The molecule has 1 aromatic heterocycles. The zero-order chi connectivity index (χ0) is 13.0. The Morgan fingerprint density at radius 3 is 2.47 bits per heavy atom. The lowest BCUT2D eigenvalue weighted by Crippen LogP contribution is -2.42. The van der Waals surface area contributed by atoms with Gasteiger partial charge in [-0.1, -0.05) is 13.8 Å². The van der Waals surface area contributed by atoms with Gasteiger partial charge in [-0.15, -0.1) is 36.2 Å². The molecule has 0 fully saturated rings. The first-order valence-corrected chi connectivity index (χ1v) is 6.63. The Kier molecular flexibility index (Phi) is 10.5. The summed E-state index contributed by atoms with van der Waals surface area (Å²) in [5.41, 5.74) is 5.87. The lowest BCUT2D eigenvalue weighted by Gasteiger charge is -2.21. The molecule has 1 rings (SSSR count). The molecule has 0 radical (unpaired) electrons. The van der Waals surface area contributed by atoms with Crippen LogP contribution in [0.2, 0.25) is 0 Å². The van der Waals surface area contributed by atoms with Crippen molar-refractivity contribution in [2.24, 2.45) is 11.7 Å². The molecule has 0 unspecified atom stereocenters. The van der Waals surface area contributed by atoms with Gasteiger partial charge in [-0.25, -0.2) is 4.98 Å². The normalized spacial score (nSPS) is 11.5. The van der Waals surface area contributed by atoms with Gasteiger partial charge in [0.25, 0.3) is 0 Å². The topological polar surface area (TPSA) is 59.2 Å². The first kappa shape index (κ1) is 20.9. The summed E-state index contributed by atoms with van der Waals surface area (Å²) in [5.74, 6) is 0.442. The Balaban J connectivity index is 0. The molecule has 7 heteroatoms. The van der Waals surface area contributed by atoms with Crippen LogP contribution in [0.5, 0.6) is 0 Å². The number of nitrogens with zero attached hydrogens (tertiary/aromatic N) is 2. The number of aryl methyl sites for hydroxylation is 1. The maximum atomic E-state index is 12.0. The van der Waals surface area contributed by atoms with E-state index in [1.807, 2.05) is 13.1 Å². The molecule has 0 aliphatic rings. The number of rotatable bonds is 5. The van der Waals surface area contributed by atoms with Crippen molar-refractivity contribution in [3.63, 3.8) is 0 Å². The van der Waals surface area contributed by atoms with Crippen molar-refractivity contribution in [2.75, 3.05) is 7.05 Å². The first-order valence-electron chi connectivity index (χ1n) is 5.82. The molecular formula is C12H23Cl2N3OS. The molecule has 1 atom stereocenters. The molecule has 19 heavy (non-hydrogen) atoms. The number of thiazole rings is 1. The minimum atomic E-state index is -0.394. The highest BCUT2D eigenvalue weighted by Gasteiger charge is 2.19. The van der Waals surface area contributed by atoms with Gasteiger partial charge in [0.2, 0.25) is 5.91 Å². The fourth-order valence-electron chi connectivity index (χ4n) is 1.68. The monoisotopic (exact) mass is 327 g/mol. The third-order valence-electron chi connectivity index (χ3n) is 2.48. The number of likely N-dealkylation sites (N-methyl/N-ethyl adjacent to an activating group) is 1. The van der Waals surface area contributed by atoms with Crippen molar-refractivity contribution in [1.82, 2.24) is 9.88 Å². The van der Waals surface area contributed by atoms with E-state index in [-0.39, 0.29) is 30.7 Å². The zero-order valence-corrected chi connectivity index (χ0v) is 14.2. The van der Waals surface area contributed by atoms with E-state index in [4.69, 9.17) is 5.73 Å². The first-order chi connectivity index (χ1) is 7.90. The molecule has 1 amide bonds. The predicted molar refractivity (Wildman–Crippen MR) is 85.3 cm³/mol. The van der Waals surface area contributed by atoms with Crippen molar-refractivity contribution in [3.05, 3.63) is 16.1 Å². The van der Waals surface area contributed by atoms with Crippen LogP contribution in [0.25, 0.3) is 0 Å². The van der Waals surface area contributed by atoms with Gasteiger partial charge in [-0.3, -0.25) is 4.79 Å².